The monoisotopic (exact) mass is 475 g/mol. The molecule has 3 aromatic heterocycles. The summed E-state index contributed by atoms with van der Waals surface area (Å²) >= 11 is 1.44. The normalized spacial score (nSPS) is 13.8. The summed E-state index contributed by atoms with van der Waals surface area (Å²) < 4.78 is 5.44. The van der Waals surface area contributed by atoms with Gasteiger partial charge in [-0.15, -0.1) is 11.3 Å². The van der Waals surface area contributed by atoms with Crippen molar-refractivity contribution >= 4 is 39.8 Å². The van der Waals surface area contributed by atoms with Crippen LogP contribution >= 0.6 is 11.3 Å². The highest BCUT2D eigenvalue weighted by molar-refractivity contribution is 7.07. The minimum atomic E-state index is -0.636. The van der Waals surface area contributed by atoms with Crippen LogP contribution in [-0.2, 0) is 4.79 Å². The van der Waals surface area contributed by atoms with E-state index in [2.05, 4.69) is 15.0 Å². The average Bonchev–Trinajstić information content (AvgIpc) is 3.58. The van der Waals surface area contributed by atoms with Crippen LogP contribution in [0.3, 0.4) is 0 Å². The molecule has 0 unspecified atom stereocenters. The number of fused-ring (bicyclic) bond motifs is 1. The van der Waals surface area contributed by atoms with Crippen LogP contribution in [0.15, 0.2) is 53.6 Å². The zero-order valence-corrected chi connectivity index (χ0v) is 19.2. The van der Waals surface area contributed by atoms with Crippen LogP contribution < -0.4 is 4.74 Å². The zero-order valence-electron chi connectivity index (χ0n) is 18.4. The van der Waals surface area contributed by atoms with Crippen LogP contribution in [0.4, 0.5) is 0 Å². The van der Waals surface area contributed by atoms with Gasteiger partial charge >= 0.3 is 0 Å². The summed E-state index contributed by atoms with van der Waals surface area (Å²) in [6, 6.07) is 9.02. The van der Waals surface area contributed by atoms with Crippen molar-refractivity contribution in [1.82, 2.24) is 24.8 Å². The first-order valence-corrected chi connectivity index (χ1v) is 11.6. The number of nitrogens with zero attached hydrogens (tertiary/aromatic N) is 4. The molecule has 0 bridgehead atoms. The van der Waals surface area contributed by atoms with Crippen molar-refractivity contribution in [1.29, 1.82) is 0 Å². The number of aromatic amines is 1. The predicted molar refractivity (Wildman–Crippen MR) is 127 cm³/mol. The van der Waals surface area contributed by atoms with Crippen molar-refractivity contribution < 1.29 is 19.1 Å². The van der Waals surface area contributed by atoms with Gasteiger partial charge < -0.3 is 19.5 Å². The van der Waals surface area contributed by atoms with Crippen molar-refractivity contribution in [3.63, 3.8) is 0 Å². The lowest BCUT2D eigenvalue weighted by atomic mass is 10.1. The van der Waals surface area contributed by atoms with Gasteiger partial charge in [-0.2, -0.15) is 0 Å². The quantitative estimate of drug-likeness (QED) is 0.351. The molecule has 0 aliphatic carbocycles. The van der Waals surface area contributed by atoms with Crippen LogP contribution in [0.5, 0.6) is 5.75 Å². The summed E-state index contributed by atoms with van der Waals surface area (Å²) in [6.45, 7) is 1.30. The van der Waals surface area contributed by atoms with Crippen LogP contribution in [0.25, 0.3) is 22.3 Å². The molecule has 172 valence electrons. The predicted octanol–water partition coefficient (Wildman–Crippen LogP) is 2.86. The lowest BCUT2D eigenvalue weighted by molar-refractivity contribution is -0.127. The van der Waals surface area contributed by atoms with Gasteiger partial charge in [-0.1, -0.05) is 18.2 Å². The van der Waals surface area contributed by atoms with E-state index >= 15 is 0 Å². The van der Waals surface area contributed by atoms with Gasteiger partial charge in [-0.25, -0.2) is 9.97 Å². The van der Waals surface area contributed by atoms with Crippen LogP contribution in [0.2, 0.25) is 0 Å². The third kappa shape index (κ3) is 3.81. The van der Waals surface area contributed by atoms with Crippen molar-refractivity contribution in [3.8, 4) is 17.1 Å². The number of amides is 2. The fourth-order valence-corrected chi connectivity index (χ4v) is 4.65. The van der Waals surface area contributed by atoms with Crippen LogP contribution in [-0.4, -0.2) is 75.6 Å². The fraction of sp³-hybridized carbons (Fsp3) is 0.208. The molecule has 4 aromatic rings. The van der Waals surface area contributed by atoms with E-state index in [1.807, 2.05) is 23.6 Å². The molecule has 9 nitrogen and oxygen atoms in total. The van der Waals surface area contributed by atoms with E-state index < -0.39 is 11.7 Å². The van der Waals surface area contributed by atoms with Crippen molar-refractivity contribution in [2.45, 2.75) is 0 Å². The molecule has 34 heavy (non-hydrogen) atoms. The number of nitrogens with one attached hydrogen (secondary N) is 1. The van der Waals surface area contributed by atoms with Gasteiger partial charge in [0.1, 0.15) is 17.1 Å². The first-order chi connectivity index (χ1) is 16.6. The van der Waals surface area contributed by atoms with Gasteiger partial charge in [-0.3, -0.25) is 14.4 Å². The van der Waals surface area contributed by atoms with Gasteiger partial charge in [0.25, 0.3) is 17.6 Å². The van der Waals surface area contributed by atoms with E-state index in [1.165, 1.54) is 35.7 Å². The van der Waals surface area contributed by atoms with E-state index in [4.69, 9.17) is 4.74 Å². The molecule has 1 aromatic carbocycles. The van der Waals surface area contributed by atoms with Crippen molar-refractivity contribution in [2.24, 2.45) is 0 Å². The molecule has 1 saturated heterocycles. The third-order valence-electron chi connectivity index (χ3n) is 5.88. The average molecular weight is 476 g/mol. The second-order valence-corrected chi connectivity index (χ2v) is 8.50. The van der Waals surface area contributed by atoms with Crippen molar-refractivity contribution in [2.75, 3.05) is 33.3 Å². The van der Waals surface area contributed by atoms with Crippen LogP contribution in [0, 0.1) is 0 Å². The number of ether oxygens (including phenoxy) is 1. The number of benzene rings is 1. The molecule has 2 amide bonds. The Morgan fingerprint density at radius 1 is 1.03 bits per heavy atom. The topological polar surface area (TPSA) is 108 Å². The molecule has 0 atom stereocenters. The van der Waals surface area contributed by atoms with E-state index in [0.717, 1.165) is 0 Å². The number of hydrogen-bond acceptors (Lipinski definition) is 7. The minimum absolute atomic E-state index is 0.0811. The number of aromatic nitrogens is 3. The number of carbonyl (C=O) groups is 3. The first kappa shape index (κ1) is 21.8. The molecule has 0 saturated carbocycles. The number of pyridine rings is 1. The summed E-state index contributed by atoms with van der Waals surface area (Å²) in [6.07, 6.45) is 3.04. The number of H-pyrrole nitrogens is 1. The Balaban J connectivity index is 1.36. The molecule has 4 heterocycles. The summed E-state index contributed by atoms with van der Waals surface area (Å²) in [5.74, 6) is -0.934. The molecule has 1 fully saturated rings. The standard InChI is InChI=1S/C24H21N5O4S/c1-33-18-12-26-20(17-13-34-14-27-17)21-19(18)16(11-25-21)22(30)24(32)29-9-7-28(8-10-29)23(31)15-5-3-2-4-6-15/h2-6,11-14,25H,7-10H2,1H3. The van der Waals surface area contributed by atoms with E-state index in [9.17, 15) is 14.4 Å². The molecule has 0 spiro atoms. The van der Waals surface area contributed by atoms with E-state index in [-0.39, 0.29) is 24.6 Å². The van der Waals surface area contributed by atoms with E-state index in [1.54, 1.807) is 22.5 Å². The second-order valence-electron chi connectivity index (χ2n) is 7.78. The Morgan fingerprint density at radius 2 is 1.76 bits per heavy atom. The summed E-state index contributed by atoms with van der Waals surface area (Å²) in [5.41, 5.74) is 4.36. The number of methoxy groups -OCH3 is 1. The number of piperazine rings is 1. The summed E-state index contributed by atoms with van der Waals surface area (Å²) in [4.78, 5) is 54.0. The van der Waals surface area contributed by atoms with Gasteiger partial charge in [0.2, 0.25) is 0 Å². The lowest BCUT2D eigenvalue weighted by Crippen LogP contribution is -2.52. The number of carbonyl (C=O) groups excluding carboxylic acids is 3. The Kier molecular flexibility index (Phi) is 5.81. The number of rotatable bonds is 5. The highest BCUT2D eigenvalue weighted by Gasteiger charge is 2.31. The molecule has 10 heteroatoms. The molecule has 1 N–H and O–H groups in total. The highest BCUT2D eigenvalue weighted by atomic mass is 32.1. The Labute approximate surface area is 199 Å². The Hall–Kier alpha value is -4.05. The molecular weight excluding hydrogens is 454 g/mol. The number of thiazole rings is 1. The van der Waals surface area contributed by atoms with Crippen molar-refractivity contribution in [3.05, 3.63) is 64.7 Å². The van der Waals surface area contributed by atoms with Gasteiger partial charge in [0.05, 0.1) is 35.3 Å². The molecule has 1 aliphatic rings. The number of hydrogen-bond donors (Lipinski definition) is 1. The summed E-state index contributed by atoms with van der Waals surface area (Å²) in [5, 5.41) is 2.36. The maximum absolute atomic E-state index is 13.2. The van der Waals surface area contributed by atoms with Gasteiger partial charge in [0.15, 0.2) is 0 Å². The Bertz CT molecular complexity index is 1360. The van der Waals surface area contributed by atoms with Gasteiger partial charge in [0, 0.05) is 43.3 Å². The molecule has 1 aliphatic heterocycles. The number of Topliss-reactive ketones (excluding diaryl/α,β-unsaturated/α-hetero) is 1. The molecular formula is C24H21N5O4S. The largest absolute Gasteiger partial charge is 0.494 e. The van der Waals surface area contributed by atoms with Gasteiger partial charge in [-0.05, 0) is 12.1 Å². The van der Waals surface area contributed by atoms with Crippen LogP contribution in [0.1, 0.15) is 20.7 Å². The minimum Gasteiger partial charge on any atom is -0.494 e. The molecule has 5 rings (SSSR count). The maximum atomic E-state index is 13.2. The SMILES string of the molecule is COc1cnc(-c2cscn2)c2[nH]cc(C(=O)C(=O)N3CCN(C(=O)c4ccccc4)CC3)c12. The molecule has 0 radical (unpaired) electrons. The zero-order chi connectivity index (χ0) is 23.7. The summed E-state index contributed by atoms with van der Waals surface area (Å²) in [7, 11) is 1.49. The second kappa shape index (κ2) is 9.06. The smallest absolute Gasteiger partial charge is 0.295 e. The highest BCUT2D eigenvalue weighted by Crippen LogP contribution is 2.34. The first-order valence-electron chi connectivity index (χ1n) is 10.7. The maximum Gasteiger partial charge on any atom is 0.295 e. The van der Waals surface area contributed by atoms with E-state index in [0.29, 0.717) is 46.7 Å². The lowest BCUT2D eigenvalue weighted by Gasteiger charge is -2.34. The fourth-order valence-electron chi connectivity index (χ4n) is 4.11. The Morgan fingerprint density at radius 3 is 2.44 bits per heavy atom. The third-order valence-corrected chi connectivity index (χ3v) is 6.47. The number of ketones is 1.